The number of nitrogens with zero attached hydrogens (tertiary/aromatic N) is 1. The first-order valence-corrected chi connectivity index (χ1v) is 9.80. The van der Waals surface area contributed by atoms with Gasteiger partial charge in [0.25, 0.3) is 0 Å². The zero-order valence-electron chi connectivity index (χ0n) is 17.7. The number of amides is 2. The van der Waals surface area contributed by atoms with Crippen molar-refractivity contribution in [2.75, 3.05) is 12.0 Å². The van der Waals surface area contributed by atoms with Crippen molar-refractivity contribution in [2.24, 2.45) is 0 Å². The summed E-state index contributed by atoms with van der Waals surface area (Å²) in [7, 11) is 1.29. The highest BCUT2D eigenvalue weighted by Gasteiger charge is 2.34. The van der Waals surface area contributed by atoms with E-state index < -0.39 is 12.1 Å². The van der Waals surface area contributed by atoms with Crippen LogP contribution in [0, 0.1) is 0 Å². The second kappa shape index (κ2) is 8.61. The molecule has 0 bridgehead atoms. The first kappa shape index (κ1) is 21.4. The average Bonchev–Trinajstić information content (AvgIpc) is 3.16. The van der Waals surface area contributed by atoms with Gasteiger partial charge in [-0.3, -0.25) is 4.79 Å². The minimum absolute atomic E-state index is 0.0781. The van der Waals surface area contributed by atoms with Gasteiger partial charge in [0.2, 0.25) is 11.7 Å². The summed E-state index contributed by atoms with van der Waals surface area (Å²) < 4.78 is 15.5. The van der Waals surface area contributed by atoms with Crippen molar-refractivity contribution in [2.45, 2.75) is 52.3 Å². The van der Waals surface area contributed by atoms with Gasteiger partial charge in [-0.25, -0.2) is 9.59 Å². The Kier molecular flexibility index (Phi) is 6.14. The Balaban J connectivity index is 2.00. The van der Waals surface area contributed by atoms with Crippen LogP contribution in [0.5, 0.6) is 0 Å². The van der Waals surface area contributed by atoms with E-state index in [1.54, 1.807) is 30.9 Å². The molecule has 0 radical (unpaired) electrons. The monoisotopic (exact) mass is 414 g/mol. The van der Waals surface area contributed by atoms with Crippen molar-refractivity contribution < 1.29 is 28.3 Å². The maximum absolute atomic E-state index is 12.3. The Morgan fingerprint density at radius 2 is 1.93 bits per heavy atom. The molecule has 1 aliphatic heterocycles. The number of esters is 1. The number of benzene rings is 1. The number of fused-ring (bicyclic) bond motifs is 1. The van der Waals surface area contributed by atoms with Crippen LogP contribution in [0.3, 0.4) is 0 Å². The number of rotatable bonds is 4. The number of ether oxygens (including phenoxy) is 2. The number of hydrogen-bond donors (Lipinski definition) is 1. The van der Waals surface area contributed by atoms with Gasteiger partial charge in [0.15, 0.2) is 0 Å². The lowest BCUT2D eigenvalue weighted by molar-refractivity contribution is -0.117. The first-order valence-electron chi connectivity index (χ1n) is 9.80. The molecule has 0 aliphatic carbocycles. The van der Waals surface area contributed by atoms with Crippen LogP contribution in [-0.2, 0) is 14.3 Å². The molecule has 1 aromatic carbocycles. The maximum atomic E-state index is 12.3. The fourth-order valence-corrected chi connectivity index (χ4v) is 3.73. The van der Waals surface area contributed by atoms with Crippen LogP contribution in [0.4, 0.5) is 10.5 Å². The molecular formula is C22H26N2O6. The molecule has 0 spiro atoms. The quantitative estimate of drug-likeness (QED) is 0.758. The zero-order valence-corrected chi connectivity index (χ0v) is 17.7. The molecule has 0 fully saturated rings. The standard InChI is InChI=1S/C22H26N2O6/c1-12(2)29-22(27)23-17-10-13(3)24(14(4)25)18-7-6-15(11-16(17)18)19-8-9-20(30-19)21(26)28-5/h6-9,11-13,17H,10H2,1-5H3,(H,23,27)/t13-,17+/m0/s1. The second-order valence-corrected chi connectivity index (χ2v) is 7.55. The number of methoxy groups -OCH3 is 1. The van der Waals surface area contributed by atoms with E-state index in [9.17, 15) is 14.4 Å². The van der Waals surface area contributed by atoms with E-state index in [1.807, 2.05) is 25.1 Å². The molecule has 8 nitrogen and oxygen atoms in total. The summed E-state index contributed by atoms with van der Waals surface area (Å²) in [5, 5.41) is 2.90. The number of hydrogen-bond acceptors (Lipinski definition) is 6. The number of carbonyl (C=O) groups excluding carboxylic acids is 3. The van der Waals surface area contributed by atoms with Gasteiger partial charge in [0, 0.05) is 24.2 Å². The van der Waals surface area contributed by atoms with Gasteiger partial charge in [0.05, 0.1) is 19.3 Å². The minimum atomic E-state index is -0.563. The van der Waals surface area contributed by atoms with Gasteiger partial charge in [-0.15, -0.1) is 0 Å². The molecule has 0 unspecified atom stereocenters. The smallest absolute Gasteiger partial charge is 0.407 e. The van der Waals surface area contributed by atoms with E-state index in [0.717, 1.165) is 11.3 Å². The third-order valence-electron chi connectivity index (χ3n) is 4.93. The Labute approximate surface area is 175 Å². The fourth-order valence-electron chi connectivity index (χ4n) is 3.73. The lowest BCUT2D eigenvalue weighted by Gasteiger charge is -2.39. The first-order chi connectivity index (χ1) is 14.2. The molecule has 1 N–H and O–H groups in total. The molecule has 3 rings (SSSR count). The molecule has 2 amide bonds. The topological polar surface area (TPSA) is 98.1 Å². The molecule has 1 aliphatic rings. The molecule has 30 heavy (non-hydrogen) atoms. The Bertz CT molecular complexity index is 964. The van der Waals surface area contributed by atoms with Crippen LogP contribution in [0.2, 0.25) is 0 Å². The third kappa shape index (κ3) is 4.32. The molecule has 2 atom stereocenters. The van der Waals surface area contributed by atoms with Crippen molar-refractivity contribution in [3.63, 3.8) is 0 Å². The Morgan fingerprint density at radius 3 is 2.57 bits per heavy atom. The van der Waals surface area contributed by atoms with Crippen LogP contribution in [0.25, 0.3) is 11.3 Å². The summed E-state index contributed by atoms with van der Waals surface area (Å²) in [4.78, 5) is 37.9. The molecule has 8 heteroatoms. The van der Waals surface area contributed by atoms with E-state index in [-0.39, 0.29) is 29.9 Å². The summed E-state index contributed by atoms with van der Waals surface area (Å²) in [6, 6.07) is 8.28. The van der Waals surface area contributed by atoms with Crippen LogP contribution in [-0.4, -0.2) is 37.2 Å². The van der Waals surface area contributed by atoms with Crippen molar-refractivity contribution in [3.05, 3.63) is 41.7 Å². The third-order valence-corrected chi connectivity index (χ3v) is 4.93. The van der Waals surface area contributed by atoms with Crippen molar-refractivity contribution in [1.29, 1.82) is 0 Å². The van der Waals surface area contributed by atoms with Gasteiger partial charge in [0.1, 0.15) is 5.76 Å². The molecule has 2 heterocycles. The lowest BCUT2D eigenvalue weighted by Crippen LogP contribution is -2.45. The maximum Gasteiger partial charge on any atom is 0.407 e. The highest BCUT2D eigenvalue weighted by atomic mass is 16.6. The van der Waals surface area contributed by atoms with Crippen LogP contribution in [0.15, 0.2) is 34.7 Å². The van der Waals surface area contributed by atoms with Crippen LogP contribution in [0.1, 0.15) is 56.3 Å². The van der Waals surface area contributed by atoms with Gasteiger partial charge in [-0.1, -0.05) is 0 Å². The Morgan fingerprint density at radius 1 is 1.20 bits per heavy atom. The van der Waals surface area contributed by atoms with E-state index in [0.29, 0.717) is 17.7 Å². The average molecular weight is 414 g/mol. The molecule has 0 saturated heterocycles. The zero-order chi connectivity index (χ0) is 22.0. The van der Waals surface area contributed by atoms with E-state index in [4.69, 9.17) is 9.15 Å². The lowest BCUT2D eigenvalue weighted by atomic mass is 9.90. The molecule has 160 valence electrons. The number of anilines is 1. The van der Waals surface area contributed by atoms with Crippen molar-refractivity contribution in [1.82, 2.24) is 5.32 Å². The van der Waals surface area contributed by atoms with Gasteiger partial charge in [-0.2, -0.15) is 0 Å². The number of alkyl carbamates (subject to hydrolysis) is 1. The van der Waals surface area contributed by atoms with E-state index in [2.05, 4.69) is 10.1 Å². The summed E-state index contributed by atoms with van der Waals surface area (Å²) in [5.74, 6) is -0.0634. The highest BCUT2D eigenvalue weighted by molar-refractivity contribution is 5.94. The van der Waals surface area contributed by atoms with E-state index in [1.165, 1.54) is 14.0 Å². The van der Waals surface area contributed by atoms with Crippen molar-refractivity contribution in [3.8, 4) is 11.3 Å². The predicted octanol–water partition coefficient (Wildman–Crippen LogP) is 4.05. The summed E-state index contributed by atoms with van der Waals surface area (Å²) in [5.41, 5.74) is 2.21. The van der Waals surface area contributed by atoms with Crippen LogP contribution >= 0.6 is 0 Å². The highest BCUT2D eigenvalue weighted by Crippen LogP contribution is 2.40. The van der Waals surface area contributed by atoms with E-state index >= 15 is 0 Å². The number of carbonyl (C=O) groups is 3. The molecular weight excluding hydrogens is 388 g/mol. The predicted molar refractivity (Wildman–Crippen MR) is 110 cm³/mol. The molecule has 2 aromatic rings. The number of nitrogens with one attached hydrogen (secondary N) is 1. The second-order valence-electron chi connectivity index (χ2n) is 7.55. The minimum Gasteiger partial charge on any atom is -0.463 e. The summed E-state index contributed by atoms with van der Waals surface area (Å²) in [6.45, 7) is 7.02. The SMILES string of the molecule is COC(=O)c1ccc(-c2ccc3c(c2)[C@H](NC(=O)OC(C)C)C[C@H](C)N3C(C)=O)o1. The molecule has 0 saturated carbocycles. The van der Waals surface area contributed by atoms with Crippen molar-refractivity contribution >= 4 is 23.7 Å². The van der Waals surface area contributed by atoms with Gasteiger partial charge < -0.3 is 24.1 Å². The Hall–Kier alpha value is -3.29. The normalized spacial score (nSPS) is 18.0. The largest absolute Gasteiger partial charge is 0.463 e. The van der Waals surface area contributed by atoms with Gasteiger partial charge >= 0.3 is 12.1 Å². The summed E-state index contributed by atoms with van der Waals surface area (Å²) >= 11 is 0. The van der Waals surface area contributed by atoms with Gasteiger partial charge in [-0.05, 0) is 63.1 Å². The fraction of sp³-hybridized carbons (Fsp3) is 0.409. The number of furan rings is 1. The summed E-state index contributed by atoms with van der Waals surface area (Å²) in [6.07, 6.45) is -0.222. The molecule has 1 aromatic heterocycles. The van der Waals surface area contributed by atoms with Crippen LogP contribution < -0.4 is 10.2 Å².